The highest BCUT2D eigenvalue weighted by Crippen LogP contribution is 2.40. The van der Waals surface area contributed by atoms with Crippen molar-refractivity contribution in [2.75, 3.05) is 11.5 Å². The number of rotatable bonds is 1. The molecule has 0 fully saturated rings. The molecule has 1 unspecified atom stereocenters. The van der Waals surface area contributed by atoms with Gasteiger partial charge in [0, 0.05) is 11.8 Å². The Morgan fingerprint density at radius 3 is 2.27 bits per heavy atom. The lowest BCUT2D eigenvalue weighted by Gasteiger charge is -2.41. The van der Waals surface area contributed by atoms with Crippen molar-refractivity contribution in [3.05, 3.63) is 29.1 Å². The predicted octanol–water partition coefficient (Wildman–Crippen LogP) is 1.77. The average molecular weight is 333 g/mol. The van der Waals surface area contributed by atoms with Gasteiger partial charge in [-0.15, -0.1) is 0 Å². The fourth-order valence-electron chi connectivity index (χ4n) is 2.48. The molecule has 0 radical (unpaired) electrons. The van der Waals surface area contributed by atoms with Gasteiger partial charge in [-0.2, -0.15) is 0 Å². The highest BCUT2D eigenvalue weighted by Gasteiger charge is 2.47. The number of anilines is 1. The van der Waals surface area contributed by atoms with Crippen molar-refractivity contribution in [3.8, 4) is 0 Å². The van der Waals surface area contributed by atoms with E-state index in [0.29, 0.717) is 6.07 Å². The maximum Gasteiger partial charge on any atom is 0.167 e. The maximum absolute atomic E-state index is 14.3. The summed E-state index contributed by atoms with van der Waals surface area (Å²) in [5, 5.41) is 0. The zero-order valence-electron chi connectivity index (χ0n) is 12.5. The van der Waals surface area contributed by atoms with Crippen LogP contribution in [0.1, 0.15) is 26.3 Å². The highest BCUT2D eigenvalue weighted by molar-refractivity contribution is 8.02. The van der Waals surface area contributed by atoms with E-state index in [1.165, 1.54) is 6.92 Å². The Kier molecular flexibility index (Phi) is 3.52. The number of hydrogen-bond donors (Lipinski definition) is 2. The molecule has 0 saturated carbocycles. The van der Waals surface area contributed by atoms with Gasteiger partial charge in [-0.25, -0.2) is 13.2 Å². The molecule has 1 heterocycles. The summed E-state index contributed by atoms with van der Waals surface area (Å²) in [4.78, 5) is 4.11. The van der Waals surface area contributed by atoms with E-state index in [-0.39, 0.29) is 11.6 Å². The summed E-state index contributed by atoms with van der Waals surface area (Å²) >= 11 is 0. The molecule has 0 bridgehead atoms. The fraction of sp³-hybridized carbons (Fsp3) is 0.429. The average Bonchev–Trinajstić information content (AvgIpc) is 2.34. The van der Waals surface area contributed by atoms with E-state index in [4.69, 9.17) is 11.5 Å². The van der Waals surface area contributed by atoms with Crippen LogP contribution in [0.5, 0.6) is 0 Å². The second-order valence-corrected chi connectivity index (χ2v) is 9.12. The summed E-state index contributed by atoms with van der Waals surface area (Å²) < 4.78 is 53.8. The number of hydrogen-bond acceptors (Lipinski definition) is 4. The largest absolute Gasteiger partial charge is 0.396 e. The van der Waals surface area contributed by atoms with Gasteiger partial charge in [-0.05, 0) is 36.2 Å². The standard InChI is InChI=1S/C14H18F3N3OS/c1-13(2)12(19)20-14(3,6-22(13,4)21)9-10(16)7(15)5-8(18)11(9)17/h5H,4,6,18H2,1-3H3,(H2,19,20)/t14-,22?/m0/s1. The zero-order valence-corrected chi connectivity index (χ0v) is 13.4. The van der Waals surface area contributed by atoms with E-state index in [2.05, 4.69) is 10.9 Å². The van der Waals surface area contributed by atoms with Crippen LogP contribution in [-0.2, 0) is 15.1 Å². The monoisotopic (exact) mass is 333 g/mol. The molecule has 1 aromatic rings. The predicted molar refractivity (Wildman–Crippen MR) is 83.9 cm³/mol. The van der Waals surface area contributed by atoms with Gasteiger partial charge in [-0.3, -0.25) is 9.20 Å². The summed E-state index contributed by atoms with van der Waals surface area (Å²) in [6.45, 7) is 4.51. The number of benzene rings is 1. The first-order valence-electron chi connectivity index (χ1n) is 6.47. The minimum atomic E-state index is -2.88. The lowest BCUT2D eigenvalue weighted by atomic mass is 9.92. The van der Waals surface area contributed by atoms with Crippen molar-refractivity contribution in [1.82, 2.24) is 0 Å². The van der Waals surface area contributed by atoms with E-state index >= 15 is 0 Å². The normalized spacial score (nSPS) is 30.9. The van der Waals surface area contributed by atoms with E-state index < -0.39 is 48.5 Å². The van der Waals surface area contributed by atoms with E-state index in [1.54, 1.807) is 13.8 Å². The molecule has 122 valence electrons. The summed E-state index contributed by atoms with van der Waals surface area (Å²) in [5.41, 5.74) is 8.32. The van der Waals surface area contributed by atoms with Crippen LogP contribution >= 0.6 is 0 Å². The Morgan fingerprint density at radius 1 is 1.23 bits per heavy atom. The Hall–Kier alpha value is -1.70. The SMILES string of the molecule is C=S1(=O)C[C@@](C)(c2c(F)c(N)cc(F)c2F)N=C(N)C1(C)C. The van der Waals surface area contributed by atoms with Crippen molar-refractivity contribution in [2.45, 2.75) is 31.1 Å². The van der Waals surface area contributed by atoms with Crippen molar-refractivity contribution in [1.29, 1.82) is 0 Å². The Bertz CT molecular complexity index is 761. The number of amidine groups is 1. The molecule has 4 nitrogen and oxygen atoms in total. The van der Waals surface area contributed by atoms with Gasteiger partial charge >= 0.3 is 0 Å². The third-order valence-corrected chi connectivity index (χ3v) is 7.25. The summed E-state index contributed by atoms with van der Waals surface area (Å²) in [6, 6.07) is 0.554. The molecule has 1 aliphatic heterocycles. The molecule has 0 spiro atoms. The molecule has 4 N–H and O–H groups in total. The smallest absolute Gasteiger partial charge is 0.167 e. The fourth-order valence-corrected chi connectivity index (χ4v) is 4.39. The quantitative estimate of drug-likeness (QED) is 0.467. The van der Waals surface area contributed by atoms with Gasteiger partial charge in [0.1, 0.15) is 11.4 Å². The molecule has 22 heavy (non-hydrogen) atoms. The Morgan fingerprint density at radius 2 is 1.77 bits per heavy atom. The molecule has 0 saturated heterocycles. The van der Waals surface area contributed by atoms with Crippen LogP contribution in [0.2, 0.25) is 0 Å². The van der Waals surface area contributed by atoms with Gasteiger partial charge in [0.2, 0.25) is 0 Å². The molecule has 1 aliphatic rings. The molecular weight excluding hydrogens is 315 g/mol. The van der Waals surface area contributed by atoms with Crippen LogP contribution in [0.15, 0.2) is 11.1 Å². The number of nitrogens with two attached hydrogens (primary N) is 2. The lowest BCUT2D eigenvalue weighted by Crippen LogP contribution is -2.55. The van der Waals surface area contributed by atoms with E-state index in [1.807, 2.05) is 0 Å². The molecule has 2 rings (SSSR count). The third-order valence-electron chi connectivity index (χ3n) is 4.15. The molecule has 1 aromatic carbocycles. The number of halogens is 3. The third kappa shape index (κ3) is 2.16. The molecule has 0 aromatic heterocycles. The number of nitrogens with zero attached hydrogens (tertiary/aromatic N) is 1. The minimum Gasteiger partial charge on any atom is -0.396 e. The minimum absolute atomic E-state index is 0.0529. The van der Waals surface area contributed by atoms with E-state index in [0.717, 1.165) is 0 Å². The van der Waals surface area contributed by atoms with Crippen molar-refractivity contribution < 1.29 is 17.4 Å². The lowest BCUT2D eigenvalue weighted by molar-refractivity contribution is 0.426. The maximum atomic E-state index is 14.3. The zero-order chi connectivity index (χ0) is 17.1. The van der Waals surface area contributed by atoms with Gasteiger partial charge in [0.15, 0.2) is 17.5 Å². The molecule has 0 amide bonds. The second kappa shape index (κ2) is 4.65. The van der Waals surface area contributed by atoms with Gasteiger partial charge in [0.25, 0.3) is 0 Å². The van der Waals surface area contributed by atoms with Gasteiger partial charge in [-0.1, -0.05) is 0 Å². The number of nitrogen functional groups attached to an aromatic ring is 1. The van der Waals surface area contributed by atoms with Crippen LogP contribution in [0.4, 0.5) is 18.9 Å². The summed E-state index contributed by atoms with van der Waals surface area (Å²) in [5.74, 6) is -0.521. The van der Waals surface area contributed by atoms with Gasteiger partial charge < -0.3 is 11.5 Å². The molecule has 8 heteroatoms. The van der Waals surface area contributed by atoms with Crippen LogP contribution in [0.3, 0.4) is 0 Å². The first-order chi connectivity index (χ1) is 9.83. The first kappa shape index (κ1) is 16.7. The first-order valence-corrected chi connectivity index (χ1v) is 8.37. The summed E-state index contributed by atoms with van der Waals surface area (Å²) in [7, 11) is -2.88. The van der Waals surface area contributed by atoms with Crippen LogP contribution in [0.25, 0.3) is 0 Å². The summed E-state index contributed by atoms with van der Waals surface area (Å²) in [6.07, 6.45) is 0. The van der Waals surface area contributed by atoms with E-state index in [9.17, 15) is 17.4 Å². The number of aliphatic imine (C=N–C) groups is 1. The van der Waals surface area contributed by atoms with Crippen LogP contribution < -0.4 is 11.5 Å². The topological polar surface area (TPSA) is 81.5 Å². The second-order valence-electron chi connectivity index (χ2n) is 6.19. The molecule has 0 aliphatic carbocycles. The van der Waals surface area contributed by atoms with Crippen molar-refractivity contribution >= 4 is 26.9 Å². The van der Waals surface area contributed by atoms with Gasteiger partial charge in [0.05, 0.1) is 16.0 Å². The van der Waals surface area contributed by atoms with Crippen LogP contribution in [0, 0.1) is 17.5 Å². The van der Waals surface area contributed by atoms with Crippen molar-refractivity contribution in [2.24, 2.45) is 10.7 Å². The molecular formula is C14H18F3N3OS. The Balaban J connectivity index is 2.82. The van der Waals surface area contributed by atoms with Crippen LogP contribution in [-0.4, -0.2) is 26.4 Å². The Labute approximate surface area is 127 Å². The van der Waals surface area contributed by atoms with Crippen molar-refractivity contribution in [3.63, 3.8) is 0 Å². The molecule has 2 atom stereocenters. The highest BCUT2D eigenvalue weighted by atomic mass is 32.2.